The number of nitrogens with one attached hydrogen (secondary N) is 1. The SMILES string of the molecule is CCc1cc(Br)ccc1NC(=O)C1(C)CCCS1. The van der Waals surface area contributed by atoms with Crippen LogP contribution in [0, 0.1) is 0 Å². The van der Waals surface area contributed by atoms with E-state index in [4.69, 9.17) is 0 Å². The molecule has 1 aromatic rings. The third-order valence-corrected chi connectivity index (χ3v) is 5.41. The Balaban J connectivity index is 2.16. The highest BCUT2D eigenvalue weighted by atomic mass is 79.9. The number of rotatable bonds is 3. The lowest BCUT2D eigenvalue weighted by Crippen LogP contribution is -2.34. The maximum atomic E-state index is 12.3. The van der Waals surface area contributed by atoms with Gasteiger partial charge in [-0.05, 0) is 55.7 Å². The van der Waals surface area contributed by atoms with E-state index in [2.05, 4.69) is 34.2 Å². The number of aryl methyl sites for hydroxylation is 1. The zero-order chi connectivity index (χ0) is 13.2. The van der Waals surface area contributed by atoms with E-state index in [1.54, 1.807) is 11.8 Å². The normalized spacial score (nSPS) is 23.1. The van der Waals surface area contributed by atoms with Gasteiger partial charge in [-0.15, -0.1) is 11.8 Å². The van der Waals surface area contributed by atoms with E-state index in [9.17, 15) is 4.79 Å². The van der Waals surface area contributed by atoms with Gasteiger partial charge in [-0.1, -0.05) is 22.9 Å². The van der Waals surface area contributed by atoms with Crippen LogP contribution in [0.1, 0.15) is 32.3 Å². The maximum absolute atomic E-state index is 12.3. The van der Waals surface area contributed by atoms with Crippen LogP contribution < -0.4 is 5.32 Å². The van der Waals surface area contributed by atoms with Gasteiger partial charge in [-0.25, -0.2) is 0 Å². The highest BCUT2D eigenvalue weighted by molar-refractivity contribution is 9.10. The molecule has 1 fully saturated rings. The first-order valence-electron chi connectivity index (χ1n) is 6.29. The summed E-state index contributed by atoms with van der Waals surface area (Å²) in [5.74, 6) is 1.23. The van der Waals surface area contributed by atoms with Crippen LogP contribution in [0.4, 0.5) is 5.69 Å². The summed E-state index contributed by atoms with van der Waals surface area (Å²) in [6.45, 7) is 4.15. The average molecular weight is 328 g/mol. The van der Waals surface area contributed by atoms with Crippen molar-refractivity contribution in [2.75, 3.05) is 11.1 Å². The smallest absolute Gasteiger partial charge is 0.240 e. The molecule has 1 heterocycles. The summed E-state index contributed by atoms with van der Waals surface area (Å²) >= 11 is 5.23. The van der Waals surface area contributed by atoms with E-state index in [-0.39, 0.29) is 10.7 Å². The van der Waals surface area contributed by atoms with Crippen LogP contribution in [-0.4, -0.2) is 16.4 Å². The van der Waals surface area contributed by atoms with E-state index in [0.717, 1.165) is 35.2 Å². The van der Waals surface area contributed by atoms with Crippen LogP contribution in [-0.2, 0) is 11.2 Å². The van der Waals surface area contributed by atoms with Crippen molar-refractivity contribution < 1.29 is 4.79 Å². The minimum Gasteiger partial charge on any atom is -0.325 e. The number of thioether (sulfide) groups is 1. The molecular formula is C14H18BrNOS. The van der Waals surface area contributed by atoms with E-state index in [0.29, 0.717) is 0 Å². The van der Waals surface area contributed by atoms with Crippen molar-refractivity contribution in [1.82, 2.24) is 0 Å². The van der Waals surface area contributed by atoms with Crippen molar-refractivity contribution in [1.29, 1.82) is 0 Å². The molecule has 1 unspecified atom stereocenters. The highest BCUT2D eigenvalue weighted by Gasteiger charge is 2.37. The summed E-state index contributed by atoms with van der Waals surface area (Å²) in [5.41, 5.74) is 2.11. The maximum Gasteiger partial charge on any atom is 0.240 e. The molecule has 0 aromatic heterocycles. The van der Waals surface area contributed by atoms with Gasteiger partial charge in [-0.3, -0.25) is 4.79 Å². The quantitative estimate of drug-likeness (QED) is 0.899. The summed E-state index contributed by atoms with van der Waals surface area (Å²) in [5, 5.41) is 3.09. The van der Waals surface area contributed by atoms with Gasteiger partial charge in [0.2, 0.25) is 5.91 Å². The molecule has 2 nitrogen and oxygen atoms in total. The topological polar surface area (TPSA) is 29.1 Å². The van der Waals surface area contributed by atoms with Gasteiger partial charge in [-0.2, -0.15) is 0 Å². The number of carbonyl (C=O) groups excluding carboxylic acids is 1. The third-order valence-electron chi connectivity index (χ3n) is 3.40. The van der Waals surface area contributed by atoms with Gasteiger partial charge in [0.05, 0.1) is 4.75 Å². The van der Waals surface area contributed by atoms with Crippen LogP contribution >= 0.6 is 27.7 Å². The summed E-state index contributed by atoms with van der Waals surface area (Å²) in [4.78, 5) is 12.3. The number of hydrogen-bond donors (Lipinski definition) is 1. The number of anilines is 1. The molecule has 0 saturated carbocycles. The van der Waals surface area contributed by atoms with Gasteiger partial charge in [0.1, 0.15) is 0 Å². The first kappa shape index (κ1) is 13.9. The van der Waals surface area contributed by atoms with Gasteiger partial charge < -0.3 is 5.32 Å². The molecule has 98 valence electrons. The van der Waals surface area contributed by atoms with Crippen LogP contribution in [0.2, 0.25) is 0 Å². The largest absolute Gasteiger partial charge is 0.325 e. The van der Waals surface area contributed by atoms with Crippen LogP contribution in [0.25, 0.3) is 0 Å². The molecule has 1 N–H and O–H groups in total. The van der Waals surface area contributed by atoms with Crippen molar-refractivity contribution in [2.45, 2.75) is 37.9 Å². The van der Waals surface area contributed by atoms with E-state index in [1.165, 1.54) is 5.56 Å². The number of benzene rings is 1. The molecule has 0 aliphatic carbocycles. The van der Waals surface area contributed by atoms with Crippen LogP contribution in [0.15, 0.2) is 22.7 Å². The standard InChI is InChI=1S/C14H18BrNOS/c1-3-10-9-11(15)5-6-12(10)16-13(17)14(2)7-4-8-18-14/h5-6,9H,3-4,7-8H2,1-2H3,(H,16,17). The zero-order valence-electron chi connectivity index (χ0n) is 10.8. The van der Waals surface area contributed by atoms with Crippen molar-refractivity contribution >= 4 is 39.3 Å². The van der Waals surface area contributed by atoms with E-state index >= 15 is 0 Å². The van der Waals surface area contributed by atoms with Crippen LogP contribution in [0.5, 0.6) is 0 Å². The predicted octanol–water partition coefficient (Wildman–Crippen LogP) is 4.24. The van der Waals surface area contributed by atoms with Crippen molar-refractivity contribution in [3.05, 3.63) is 28.2 Å². The molecule has 1 atom stereocenters. The Labute approximate surface area is 121 Å². The molecule has 2 rings (SSSR count). The van der Waals surface area contributed by atoms with E-state index in [1.807, 2.05) is 19.1 Å². The second kappa shape index (κ2) is 5.66. The Hall–Kier alpha value is -0.480. The molecule has 0 spiro atoms. The summed E-state index contributed by atoms with van der Waals surface area (Å²) in [6.07, 6.45) is 3.02. The Bertz CT molecular complexity index is 455. The number of halogens is 1. The third kappa shape index (κ3) is 2.91. The Morgan fingerprint density at radius 1 is 1.56 bits per heavy atom. The van der Waals surface area contributed by atoms with Crippen molar-refractivity contribution in [3.8, 4) is 0 Å². The molecular weight excluding hydrogens is 310 g/mol. The van der Waals surface area contributed by atoms with Crippen molar-refractivity contribution in [2.24, 2.45) is 0 Å². The molecule has 1 aliphatic heterocycles. The Morgan fingerprint density at radius 2 is 2.33 bits per heavy atom. The molecule has 0 bridgehead atoms. The number of amides is 1. The van der Waals surface area contributed by atoms with E-state index < -0.39 is 0 Å². The molecule has 1 aromatic carbocycles. The summed E-state index contributed by atoms with van der Waals surface area (Å²) in [7, 11) is 0. The summed E-state index contributed by atoms with van der Waals surface area (Å²) < 4.78 is 0.803. The average Bonchev–Trinajstić information content (AvgIpc) is 2.79. The van der Waals surface area contributed by atoms with Gasteiger partial charge in [0.15, 0.2) is 0 Å². The molecule has 18 heavy (non-hydrogen) atoms. The first-order chi connectivity index (χ1) is 8.55. The number of hydrogen-bond acceptors (Lipinski definition) is 2. The predicted molar refractivity (Wildman–Crippen MR) is 82.2 cm³/mol. The van der Waals surface area contributed by atoms with Crippen molar-refractivity contribution in [3.63, 3.8) is 0 Å². The fourth-order valence-corrected chi connectivity index (χ4v) is 3.81. The lowest BCUT2D eigenvalue weighted by molar-refractivity contribution is -0.118. The minimum atomic E-state index is -0.252. The molecule has 1 saturated heterocycles. The summed E-state index contributed by atoms with van der Waals surface area (Å²) in [6, 6.07) is 6.02. The lowest BCUT2D eigenvalue weighted by atomic mass is 10.0. The van der Waals surface area contributed by atoms with Crippen LogP contribution in [0.3, 0.4) is 0 Å². The molecule has 1 aliphatic rings. The monoisotopic (exact) mass is 327 g/mol. The molecule has 4 heteroatoms. The Kier molecular flexibility index (Phi) is 4.38. The zero-order valence-corrected chi connectivity index (χ0v) is 13.2. The first-order valence-corrected chi connectivity index (χ1v) is 8.07. The minimum absolute atomic E-state index is 0.141. The second-order valence-electron chi connectivity index (χ2n) is 4.79. The number of carbonyl (C=O) groups is 1. The second-order valence-corrected chi connectivity index (χ2v) is 7.31. The van der Waals surface area contributed by atoms with Gasteiger partial charge in [0.25, 0.3) is 0 Å². The lowest BCUT2D eigenvalue weighted by Gasteiger charge is -2.22. The van der Waals surface area contributed by atoms with Gasteiger partial charge in [0, 0.05) is 10.2 Å². The fourth-order valence-electron chi connectivity index (χ4n) is 2.19. The Morgan fingerprint density at radius 3 is 2.94 bits per heavy atom. The molecule has 1 amide bonds. The molecule has 0 radical (unpaired) electrons. The highest BCUT2D eigenvalue weighted by Crippen LogP contribution is 2.38. The fraction of sp³-hybridized carbons (Fsp3) is 0.500. The van der Waals surface area contributed by atoms with Gasteiger partial charge >= 0.3 is 0 Å².